The van der Waals surface area contributed by atoms with Crippen molar-refractivity contribution in [3.05, 3.63) is 29.8 Å². The molecule has 4 heteroatoms. The van der Waals surface area contributed by atoms with E-state index >= 15 is 0 Å². The van der Waals surface area contributed by atoms with Gasteiger partial charge in [0.1, 0.15) is 10.9 Å². The van der Waals surface area contributed by atoms with Crippen molar-refractivity contribution in [2.24, 2.45) is 0 Å². The summed E-state index contributed by atoms with van der Waals surface area (Å²) >= 11 is 0. The van der Waals surface area contributed by atoms with Gasteiger partial charge in [0.05, 0.1) is 26.2 Å². The van der Waals surface area contributed by atoms with Gasteiger partial charge in [0.2, 0.25) is 0 Å². The third-order valence-electron chi connectivity index (χ3n) is 1.94. The van der Waals surface area contributed by atoms with Crippen LogP contribution in [-0.4, -0.2) is 21.3 Å². The van der Waals surface area contributed by atoms with Crippen LogP contribution < -0.4 is 0 Å². The average molecular weight is 216 g/mol. The number of aryl methyl sites for hydroxylation is 1. The van der Waals surface area contributed by atoms with Gasteiger partial charge in [0, 0.05) is 0 Å². The molecule has 0 aromatic heterocycles. The van der Waals surface area contributed by atoms with Crippen LogP contribution in [0.15, 0.2) is 29.2 Å². The Morgan fingerprint density at radius 2 is 1.57 bits per heavy atom. The number of hydrogen-bond acceptors (Lipinski definition) is 3. The number of benzene rings is 1. The molecule has 0 aliphatic heterocycles. The molecule has 0 aliphatic rings. The Bertz CT molecular complexity index is 289. The van der Waals surface area contributed by atoms with E-state index in [1.807, 2.05) is 31.2 Å². The third kappa shape index (κ3) is 2.09. The quantitative estimate of drug-likeness (QED) is 0.774. The SMILES string of the molecule is COS(OC)(OC)c1cccc(C)c1. The zero-order valence-corrected chi connectivity index (χ0v) is 9.76. The van der Waals surface area contributed by atoms with Crippen molar-refractivity contribution in [1.29, 1.82) is 0 Å². The Morgan fingerprint density at radius 1 is 1.00 bits per heavy atom. The molecular weight excluding hydrogens is 200 g/mol. The lowest BCUT2D eigenvalue weighted by molar-refractivity contribution is 0.248. The lowest BCUT2D eigenvalue weighted by Gasteiger charge is -2.33. The van der Waals surface area contributed by atoms with E-state index < -0.39 is 10.9 Å². The summed E-state index contributed by atoms with van der Waals surface area (Å²) in [5.74, 6) is 0. The Morgan fingerprint density at radius 3 is 2.00 bits per heavy atom. The molecule has 14 heavy (non-hydrogen) atoms. The highest BCUT2D eigenvalue weighted by Gasteiger charge is 2.25. The maximum absolute atomic E-state index is 5.32. The molecule has 0 N–H and O–H groups in total. The fraction of sp³-hybridized carbons (Fsp3) is 0.400. The summed E-state index contributed by atoms with van der Waals surface area (Å²) in [6.45, 7) is 2.02. The van der Waals surface area contributed by atoms with Crippen LogP contribution in [0.1, 0.15) is 5.56 Å². The van der Waals surface area contributed by atoms with E-state index in [0.29, 0.717) is 0 Å². The van der Waals surface area contributed by atoms with Gasteiger partial charge >= 0.3 is 0 Å². The molecule has 0 saturated heterocycles. The first-order chi connectivity index (χ1) is 6.68. The molecule has 80 valence electrons. The molecule has 0 radical (unpaired) electrons. The zero-order chi connectivity index (χ0) is 10.6. The third-order valence-corrected chi connectivity index (χ3v) is 4.08. The summed E-state index contributed by atoms with van der Waals surface area (Å²) in [5, 5.41) is 0. The summed E-state index contributed by atoms with van der Waals surface area (Å²) in [6.07, 6.45) is 0. The van der Waals surface area contributed by atoms with E-state index in [1.54, 1.807) is 21.3 Å². The van der Waals surface area contributed by atoms with Crippen molar-refractivity contribution < 1.29 is 12.5 Å². The van der Waals surface area contributed by atoms with Crippen LogP contribution >= 0.6 is 10.9 Å². The number of hydrogen-bond donors (Lipinski definition) is 0. The monoisotopic (exact) mass is 216 g/mol. The van der Waals surface area contributed by atoms with Gasteiger partial charge in [0.15, 0.2) is 0 Å². The van der Waals surface area contributed by atoms with Gasteiger partial charge in [-0.3, -0.25) is 12.5 Å². The minimum absolute atomic E-state index is 0.935. The van der Waals surface area contributed by atoms with Crippen LogP contribution in [0.5, 0.6) is 0 Å². The van der Waals surface area contributed by atoms with E-state index in [0.717, 1.165) is 10.5 Å². The predicted molar refractivity (Wildman–Crippen MR) is 58.1 cm³/mol. The summed E-state index contributed by atoms with van der Waals surface area (Å²) in [5.41, 5.74) is 1.16. The maximum atomic E-state index is 5.32. The van der Waals surface area contributed by atoms with Crippen molar-refractivity contribution in [3.8, 4) is 0 Å². The molecule has 3 nitrogen and oxygen atoms in total. The Labute approximate surface area is 86.9 Å². The fourth-order valence-electron chi connectivity index (χ4n) is 1.26. The van der Waals surface area contributed by atoms with E-state index in [9.17, 15) is 0 Å². The second-order valence-corrected chi connectivity index (χ2v) is 5.15. The van der Waals surface area contributed by atoms with Gasteiger partial charge in [-0.15, -0.1) is 0 Å². The van der Waals surface area contributed by atoms with Crippen molar-refractivity contribution in [1.82, 2.24) is 0 Å². The average Bonchev–Trinajstić information content (AvgIpc) is 2.22. The standard InChI is InChI=1S/C10H16O3S/c1-9-6-5-7-10(8-9)14(11-2,12-3)13-4/h5-8H,1-4H3. The van der Waals surface area contributed by atoms with E-state index in [-0.39, 0.29) is 0 Å². The predicted octanol–water partition coefficient (Wildman–Crippen LogP) is 2.84. The molecule has 0 fully saturated rings. The maximum Gasteiger partial charge on any atom is 0.119 e. The summed E-state index contributed by atoms with van der Waals surface area (Å²) in [4.78, 5) is 0.935. The molecule has 0 amide bonds. The normalized spacial score (nSPS) is 12.9. The van der Waals surface area contributed by atoms with Crippen molar-refractivity contribution in [2.45, 2.75) is 11.8 Å². The van der Waals surface area contributed by atoms with Gasteiger partial charge < -0.3 is 0 Å². The Hall–Kier alpha value is -0.550. The molecule has 1 rings (SSSR count). The van der Waals surface area contributed by atoms with E-state index in [2.05, 4.69) is 0 Å². The lowest BCUT2D eigenvalue weighted by Crippen LogP contribution is -2.07. The van der Waals surface area contributed by atoms with Gasteiger partial charge in [-0.05, 0) is 24.6 Å². The van der Waals surface area contributed by atoms with Crippen LogP contribution in [0.3, 0.4) is 0 Å². The molecule has 1 aromatic carbocycles. The van der Waals surface area contributed by atoms with Gasteiger partial charge in [-0.25, -0.2) is 0 Å². The molecule has 0 bridgehead atoms. The second kappa shape index (κ2) is 4.79. The van der Waals surface area contributed by atoms with Crippen LogP contribution in [0.25, 0.3) is 0 Å². The van der Waals surface area contributed by atoms with E-state index in [1.165, 1.54) is 0 Å². The molecule has 1 aromatic rings. The Kier molecular flexibility index (Phi) is 3.95. The van der Waals surface area contributed by atoms with Crippen LogP contribution in [0.2, 0.25) is 0 Å². The highest BCUT2D eigenvalue weighted by molar-refractivity contribution is 8.21. The molecule has 0 atom stereocenters. The van der Waals surface area contributed by atoms with E-state index in [4.69, 9.17) is 12.5 Å². The first kappa shape index (κ1) is 11.5. The van der Waals surface area contributed by atoms with Gasteiger partial charge in [-0.2, -0.15) is 0 Å². The molecule has 0 saturated carbocycles. The topological polar surface area (TPSA) is 27.7 Å². The largest absolute Gasteiger partial charge is 0.292 e. The Balaban J connectivity index is 3.10. The van der Waals surface area contributed by atoms with Crippen LogP contribution in [0, 0.1) is 6.92 Å². The first-order valence-corrected chi connectivity index (χ1v) is 5.66. The molecule has 0 aliphatic carbocycles. The van der Waals surface area contributed by atoms with Crippen molar-refractivity contribution in [3.63, 3.8) is 0 Å². The first-order valence-electron chi connectivity index (χ1n) is 4.25. The molecule has 0 heterocycles. The summed E-state index contributed by atoms with van der Waals surface area (Å²) < 4.78 is 15.9. The van der Waals surface area contributed by atoms with Crippen molar-refractivity contribution in [2.75, 3.05) is 21.3 Å². The molecule has 0 unspecified atom stereocenters. The highest BCUT2D eigenvalue weighted by atomic mass is 32.3. The smallest absolute Gasteiger partial charge is 0.119 e. The van der Waals surface area contributed by atoms with Crippen molar-refractivity contribution >= 4 is 10.9 Å². The highest BCUT2D eigenvalue weighted by Crippen LogP contribution is 2.56. The zero-order valence-electron chi connectivity index (χ0n) is 8.94. The number of rotatable bonds is 4. The summed E-state index contributed by atoms with van der Waals surface area (Å²) in [7, 11) is 2.75. The minimum atomic E-state index is -2.01. The van der Waals surface area contributed by atoms with Gasteiger partial charge in [-0.1, -0.05) is 12.1 Å². The minimum Gasteiger partial charge on any atom is -0.292 e. The van der Waals surface area contributed by atoms with Crippen LogP contribution in [-0.2, 0) is 12.5 Å². The van der Waals surface area contributed by atoms with Gasteiger partial charge in [0.25, 0.3) is 0 Å². The second-order valence-electron chi connectivity index (χ2n) is 2.77. The van der Waals surface area contributed by atoms with Crippen LogP contribution in [0.4, 0.5) is 0 Å². The molecular formula is C10H16O3S. The summed E-state index contributed by atoms with van der Waals surface area (Å²) in [6, 6.07) is 7.93. The fourth-order valence-corrected chi connectivity index (χ4v) is 2.82. The lowest BCUT2D eigenvalue weighted by atomic mass is 10.2. The molecule has 0 spiro atoms.